The van der Waals surface area contributed by atoms with Crippen LogP contribution in [-0.2, 0) is 6.54 Å². The third-order valence-electron chi connectivity index (χ3n) is 4.71. The Labute approximate surface area is 167 Å². The number of ether oxygens (including phenoxy) is 1. The Morgan fingerprint density at radius 3 is 2.72 bits per heavy atom. The van der Waals surface area contributed by atoms with Crippen molar-refractivity contribution in [3.8, 4) is 16.9 Å². The number of hydrogen-bond acceptors (Lipinski definition) is 5. The van der Waals surface area contributed by atoms with Gasteiger partial charge < -0.3 is 14.5 Å². The molecule has 2 aromatic carbocycles. The van der Waals surface area contributed by atoms with E-state index in [-0.39, 0.29) is 0 Å². The molecule has 0 atom stereocenters. The van der Waals surface area contributed by atoms with Gasteiger partial charge in [-0.1, -0.05) is 18.2 Å². The van der Waals surface area contributed by atoms with Gasteiger partial charge in [0.1, 0.15) is 11.4 Å². The fourth-order valence-electron chi connectivity index (χ4n) is 3.27. The molecular weight excluding hydrogens is 368 g/mol. The summed E-state index contributed by atoms with van der Waals surface area (Å²) in [6.45, 7) is 0.551. The van der Waals surface area contributed by atoms with Gasteiger partial charge in [0, 0.05) is 53.1 Å². The SMILES string of the molecule is COc1ccccc1-c1cc(CNc2ccc(C(=O)NO)cc2)c2nccn2c1. The number of imidazole rings is 1. The van der Waals surface area contributed by atoms with E-state index in [1.54, 1.807) is 43.1 Å². The van der Waals surface area contributed by atoms with Gasteiger partial charge in [0.2, 0.25) is 0 Å². The van der Waals surface area contributed by atoms with Crippen LogP contribution in [0.3, 0.4) is 0 Å². The van der Waals surface area contributed by atoms with Crippen molar-refractivity contribution in [1.29, 1.82) is 0 Å². The third kappa shape index (κ3) is 3.76. The zero-order chi connectivity index (χ0) is 20.2. The summed E-state index contributed by atoms with van der Waals surface area (Å²) in [4.78, 5) is 15.9. The number of para-hydroxylation sites is 1. The van der Waals surface area contributed by atoms with Crippen LogP contribution >= 0.6 is 0 Å². The Bertz CT molecular complexity index is 1150. The van der Waals surface area contributed by atoms with Crippen LogP contribution in [0.2, 0.25) is 0 Å². The molecule has 0 fully saturated rings. The van der Waals surface area contributed by atoms with Crippen molar-refractivity contribution in [3.05, 3.63) is 84.3 Å². The van der Waals surface area contributed by atoms with Crippen molar-refractivity contribution in [2.75, 3.05) is 12.4 Å². The zero-order valence-corrected chi connectivity index (χ0v) is 15.8. The predicted molar refractivity (Wildman–Crippen MR) is 110 cm³/mol. The lowest BCUT2D eigenvalue weighted by Gasteiger charge is -2.13. The van der Waals surface area contributed by atoms with Gasteiger partial charge in [0.15, 0.2) is 0 Å². The molecule has 4 rings (SSSR count). The van der Waals surface area contributed by atoms with Crippen LogP contribution in [0.4, 0.5) is 5.69 Å². The summed E-state index contributed by atoms with van der Waals surface area (Å²) < 4.78 is 7.50. The van der Waals surface area contributed by atoms with Crippen LogP contribution in [-0.4, -0.2) is 27.6 Å². The Morgan fingerprint density at radius 2 is 1.97 bits per heavy atom. The van der Waals surface area contributed by atoms with Crippen LogP contribution in [0.5, 0.6) is 5.75 Å². The maximum atomic E-state index is 11.4. The van der Waals surface area contributed by atoms with Gasteiger partial charge >= 0.3 is 0 Å². The number of anilines is 1. The van der Waals surface area contributed by atoms with Crippen LogP contribution in [0.1, 0.15) is 15.9 Å². The molecule has 0 unspecified atom stereocenters. The summed E-state index contributed by atoms with van der Waals surface area (Å²) in [5.74, 6) is 0.267. The van der Waals surface area contributed by atoms with Gasteiger partial charge in [0.05, 0.1) is 7.11 Å². The molecule has 0 spiro atoms. The van der Waals surface area contributed by atoms with E-state index >= 15 is 0 Å². The minimum absolute atomic E-state index is 0.381. The third-order valence-corrected chi connectivity index (χ3v) is 4.71. The van der Waals surface area contributed by atoms with E-state index < -0.39 is 5.91 Å². The smallest absolute Gasteiger partial charge is 0.274 e. The average Bonchev–Trinajstić information content (AvgIpc) is 3.26. The number of carbonyl (C=O) groups is 1. The first kappa shape index (κ1) is 18.5. The number of fused-ring (bicyclic) bond motifs is 1. The molecule has 2 heterocycles. The number of amides is 1. The molecule has 3 N–H and O–H groups in total. The second-order valence-corrected chi connectivity index (χ2v) is 6.48. The maximum Gasteiger partial charge on any atom is 0.274 e. The fraction of sp³-hybridized carbons (Fsp3) is 0.0909. The molecule has 7 nitrogen and oxygen atoms in total. The number of carbonyl (C=O) groups excluding carboxylic acids is 1. The Balaban J connectivity index is 1.63. The molecule has 1 amide bonds. The number of hydrogen-bond donors (Lipinski definition) is 3. The van der Waals surface area contributed by atoms with Crippen LogP contribution in [0, 0.1) is 0 Å². The van der Waals surface area contributed by atoms with E-state index in [0.29, 0.717) is 12.1 Å². The summed E-state index contributed by atoms with van der Waals surface area (Å²) >= 11 is 0. The second-order valence-electron chi connectivity index (χ2n) is 6.48. The van der Waals surface area contributed by atoms with Crippen LogP contribution in [0.15, 0.2) is 73.2 Å². The number of benzene rings is 2. The molecule has 0 aliphatic rings. The topological polar surface area (TPSA) is 87.9 Å². The van der Waals surface area contributed by atoms with Crippen LogP contribution in [0.25, 0.3) is 16.8 Å². The number of nitrogens with zero attached hydrogens (tertiary/aromatic N) is 2. The molecule has 0 radical (unpaired) electrons. The minimum Gasteiger partial charge on any atom is -0.496 e. The number of methoxy groups -OCH3 is 1. The Morgan fingerprint density at radius 1 is 1.17 bits per heavy atom. The monoisotopic (exact) mass is 388 g/mol. The summed E-state index contributed by atoms with van der Waals surface area (Å²) in [5.41, 5.74) is 6.79. The summed E-state index contributed by atoms with van der Waals surface area (Å²) in [6.07, 6.45) is 5.72. The molecule has 146 valence electrons. The van der Waals surface area contributed by atoms with E-state index in [0.717, 1.165) is 33.8 Å². The predicted octanol–water partition coefficient (Wildman–Crippen LogP) is 3.74. The van der Waals surface area contributed by atoms with Crippen LogP contribution < -0.4 is 15.5 Å². The second kappa shape index (κ2) is 8.04. The molecule has 0 saturated heterocycles. The molecule has 0 aliphatic carbocycles. The van der Waals surface area contributed by atoms with Crippen molar-refractivity contribution >= 4 is 17.2 Å². The van der Waals surface area contributed by atoms with E-state index in [9.17, 15) is 4.79 Å². The summed E-state index contributed by atoms with van der Waals surface area (Å²) in [6, 6.07) is 16.9. The lowest BCUT2D eigenvalue weighted by Crippen LogP contribution is -2.18. The molecular formula is C22H20N4O3. The summed E-state index contributed by atoms with van der Waals surface area (Å²) in [7, 11) is 1.66. The van der Waals surface area contributed by atoms with E-state index in [2.05, 4.69) is 16.4 Å². The van der Waals surface area contributed by atoms with E-state index in [4.69, 9.17) is 9.94 Å². The standard InChI is InChI=1S/C22H20N4O3/c1-29-20-5-3-2-4-19(20)17-12-16(21-23-10-11-26(21)14-17)13-24-18-8-6-15(7-9-18)22(27)25-28/h2-12,14,24,28H,13H2,1H3,(H,25,27). The quantitative estimate of drug-likeness (QED) is 0.346. The summed E-state index contributed by atoms with van der Waals surface area (Å²) in [5, 5.41) is 12.1. The number of pyridine rings is 1. The molecule has 0 bridgehead atoms. The lowest BCUT2D eigenvalue weighted by atomic mass is 10.0. The van der Waals surface area contributed by atoms with Gasteiger partial charge in [0.25, 0.3) is 5.91 Å². The number of rotatable bonds is 6. The highest BCUT2D eigenvalue weighted by Gasteiger charge is 2.11. The average molecular weight is 388 g/mol. The maximum absolute atomic E-state index is 11.4. The van der Waals surface area contributed by atoms with Gasteiger partial charge in [-0.25, -0.2) is 10.5 Å². The van der Waals surface area contributed by atoms with E-state index in [1.807, 2.05) is 41.1 Å². The minimum atomic E-state index is -0.542. The Kier molecular flexibility index (Phi) is 5.13. The molecule has 0 aliphatic heterocycles. The molecule has 7 heteroatoms. The normalized spacial score (nSPS) is 10.7. The van der Waals surface area contributed by atoms with Gasteiger partial charge in [-0.3, -0.25) is 10.0 Å². The molecule has 29 heavy (non-hydrogen) atoms. The van der Waals surface area contributed by atoms with Gasteiger partial charge in [-0.05, 0) is 36.4 Å². The first-order chi connectivity index (χ1) is 14.2. The van der Waals surface area contributed by atoms with Crippen molar-refractivity contribution in [2.45, 2.75) is 6.54 Å². The molecule has 4 aromatic rings. The first-order valence-electron chi connectivity index (χ1n) is 9.07. The molecule has 0 saturated carbocycles. The lowest BCUT2D eigenvalue weighted by molar-refractivity contribution is 0.0706. The highest BCUT2D eigenvalue weighted by molar-refractivity contribution is 5.93. The molecule has 2 aromatic heterocycles. The van der Waals surface area contributed by atoms with E-state index in [1.165, 1.54) is 0 Å². The van der Waals surface area contributed by atoms with Crippen molar-refractivity contribution < 1.29 is 14.7 Å². The number of hydroxylamine groups is 1. The van der Waals surface area contributed by atoms with Crippen molar-refractivity contribution in [2.24, 2.45) is 0 Å². The number of aromatic nitrogens is 2. The van der Waals surface area contributed by atoms with Crippen molar-refractivity contribution in [3.63, 3.8) is 0 Å². The van der Waals surface area contributed by atoms with Crippen molar-refractivity contribution in [1.82, 2.24) is 14.9 Å². The highest BCUT2D eigenvalue weighted by atomic mass is 16.5. The van der Waals surface area contributed by atoms with Gasteiger partial charge in [-0.2, -0.15) is 0 Å². The number of nitrogens with one attached hydrogen (secondary N) is 2. The van der Waals surface area contributed by atoms with Gasteiger partial charge in [-0.15, -0.1) is 0 Å². The zero-order valence-electron chi connectivity index (χ0n) is 15.8. The highest BCUT2D eigenvalue weighted by Crippen LogP contribution is 2.31. The fourth-order valence-corrected chi connectivity index (χ4v) is 3.27. The first-order valence-corrected chi connectivity index (χ1v) is 9.07. The largest absolute Gasteiger partial charge is 0.496 e. The Hall–Kier alpha value is -3.84.